The number of aromatic carboxylic acids is 1. The molecule has 0 spiro atoms. The van der Waals surface area contributed by atoms with Gasteiger partial charge in [0.05, 0.1) is 5.56 Å². The predicted molar refractivity (Wildman–Crippen MR) is 125 cm³/mol. The van der Waals surface area contributed by atoms with Gasteiger partial charge >= 0.3 is 12.0 Å². The number of hydrogen-bond donors (Lipinski definition) is 3. The van der Waals surface area contributed by atoms with Crippen molar-refractivity contribution in [2.24, 2.45) is 23.7 Å². The van der Waals surface area contributed by atoms with Crippen molar-refractivity contribution < 1.29 is 19.4 Å². The van der Waals surface area contributed by atoms with Gasteiger partial charge in [-0.25, -0.2) is 9.59 Å². The van der Waals surface area contributed by atoms with E-state index in [2.05, 4.69) is 10.6 Å². The Morgan fingerprint density at radius 3 is 2.30 bits per heavy atom. The molecule has 0 heterocycles. The van der Waals surface area contributed by atoms with E-state index in [1.807, 2.05) is 30.3 Å². The molecule has 4 fully saturated rings. The number of hydrogen-bond acceptors (Lipinski definition) is 3. The lowest BCUT2D eigenvalue weighted by Crippen LogP contribution is -2.57. The highest BCUT2D eigenvalue weighted by molar-refractivity contribution is 5.88. The van der Waals surface area contributed by atoms with Gasteiger partial charge in [0, 0.05) is 19.0 Å². The molecule has 0 saturated heterocycles. The quantitative estimate of drug-likeness (QED) is 0.529. The average molecular weight is 449 g/mol. The lowest BCUT2D eigenvalue weighted by atomic mass is 9.54. The number of benzene rings is 2. The summed E-state index contributed by atoms with van der Waals surface area (Å²) in [6, 6.07) is 16.6. The molecular weight excluding hydrogens is 416 g/mol. The van der Waals surface area contributed by atoms with Crippen molar-refractivity contribution in [3.05, 3.63) is 65.7 Å². The molecule has 6 heteroatoms. The average Bonchev–Trinajstić information content (AvgIpc) is 2.81. The van der Waals surface area contributed by atoms with E-state index in [-0.39, 0.29) is 17.7 Å². The van der Waals surface area contributed by atoms with Gasteiger partial charge in [-0.05, 0) is 79.5 Å². The summed E-state index contributed by atoms with van der Waals surface area (Å²) in [5.74, 6) is 2.58. The van der Waals surface area contributed by atoms with Gasteiger partial charge in [0.2, 0.25) is 0 Å². The number of amides is 2. The van der Waals surface area contributed by atoms with Gasteiger partial charge in [-0.15, -0.1) is 0 Å². The first kappa shape index (κ1) is 21.8. The molecular formula is C27H32N2O4. The molecule has 6 rings (SSSR count). The van der Waals surface area contributed by atoms with E-state index < -0.39 is 5.97 Å². The van der Waals surface area contributed by atoms with Crippen molar-refractivity contribution in [3.63, 3.8) is 0 Å². The fraction of sp³-hybridized carbons (Fsp3) is 0.481. The minimum atomic E-state index is -0.986. The topological polar surface area (TPSA) is 87.7 Å². The van der Waals surface area contributed by atoms with E-state index in [0.29, 0.717) is 36.6 Å². The van der Waals surface area contributed by atoms with E-state index in [0.717, 1.165) is 17.4 Å². The molecule has 4 aliphatic rings. The largest absolute Gasteiger partial charge is 0.486 e. The lowest BCUT2D eigenvalue weighted by molar-refractivity contribution is -0.00943. The van der Waals surface area contributed by atoms with E-state index in [4.69, 9.17) is 4.74 Å². The van der Waals surface area contributed by atoms with Crippen LogP contribution in [0.4, 0.5) is 4.79 Å². The van der Waals surface area contributed by atoms with Crippen LogP contribution in [0.2, 0.25) is 0 Å². The van der Waals surface area contributed by atoms with E-state index in [1.165, 1.54) is 38.2 Å². The number of nitrogens with one attached hydrogen (secondary N) is 2. The zero-order valence-electron chi connectivity index (χ0n) is 18.8. The van der Waals surface area contributed by atoms with Crippen LogP contribution in [-0.4, -0.2) is 29.7 Å². The number of carbonyl (C=O) groups excluding carboxylic acids is 1. The first-order chi connectivity index (χ1) is 16.0. The number of carboxylic acid groups (broad SMARTS) is 1. The van der Waals surface area contributed by atoms with Crippen LogP contribution in [0.1, 0.15) is 60.6 Å². The predicted octanol–water partition coefficient (Wildman–Crippen LogP) is 5.02. The molecule has 3 N–H and O–H groups in total. The van der Waals surface area contributed by atoms with Gasteiger partial charge in [0.15, 0.2) is 0 Å². The SMILES string of the molecule is O=C(NCCC(Oc1cccc(C(=O)O)c1)c1ccccc1)NC1C2CC3CC(C2)CC1C3. The zero-order chi connectivity index (χ0) is 22.8. The van der Waals surface area contributed by atoms with Crippen molar-refractivity contribution in [3.8, 4) is 5.75 Å². The Hall–Kier alpha value is -3.02. The normalized spacial score (nSPS) is 28.2. The zero-order valence-corrected chi connectivity index (χ0v) is 18.8. The van der Waals surface area contributed by atoms with Crippen molar-refractivity contribution in [1.29, 1.82) is 0 Å². The number of carbonyl (C=O) groups is 2. The summed E-state index contributed by atoms with van der Waals surface area (Å²) in [6.45, 7) is 0.470. The standard InChI is InChI=1S/C27H32N2O4/c30-26(31)20-7-4-8-23(16-20)33-24(19-5-2-1-3-6-19)9-10-28-27(32)29-25-21-12-17-11-18(14-21)15-22(25)13-17/h1-8,16-18,21-22,24-25H,9-15H2,(H,30,31)(H2,28,29,32). The van der Waals surface area contributed by atoms with Crippen molar-refractivity contribution in [2.45, 2.75) is 50.7 Å². The number of ether oxygens (including phenoxy) is 1. The summed E-state index contributed by atoms with van der Waals surface area (Å²) in [7, 11) is 0. The van der Waals surface area contributed by atoms with Gasteiger partial charge in [0.1, 0.15) is 11.9 Å². The van der Waals surface area contributed by atoms with Crippen LogP contribution < -0.4 is 15.4 Å². The summed E-state index contributed by atoms with van der Waals surface area (Å²) >= 11 is 0. The molecule has 1 atom stereocenters. The maximum absolute atomic E-state index is 12.7. The summed E-state index contributed by atoms with van der Waals surface area (Å²) in [5, 5.41) is 15.6. The molecule has 0 aromatic heterocycles. The minimum Gasteiger partial charge on any atom is -0.486 e. The van der Waals surface area contributed by atoms with Gasteiger partial charge in [-0.3, -0.25) is 0 Å². The Bertz CT molecular complexity index is 965. The van der Waals surface area contributed by atoms with Crippen molar-refractivity contribution in [2.75, 3.05) is 6.54 Å². The highest BCUT2D eigenvalue weighted by Gasteiger charge is 2.48. The van der Waals surface area contributed by atoms with Crippen LogP contribution in [-0.2, 0) is 0 Å². The Morgan fingerprint density at radius 2 is 1.64 bits per heavy atom. The second kappa shape index (κ2) is 9.46. The van der Waals surface area contributed by atoms with Gasteiger partial charge < -0.3 is 20.5 Å². The molecule has 4 saturated carbocycles. The molecule has 2 aromatic carbocycles. The molecule has 0 radical (unpaired) electrons. The highest BCUT2D eigenvalue weighted by Crippen LogP contribution is 2.53. The molecule has 0 aliphatic heterocycles. The molecule has 4 aliphatic carbocycles. The van der Waals surface area contributed by atoms with Gasteiger partial charge in [-0.2, -0.15) is 0 Å². The molecule has 174 valence electrons. The molecule has 2 amide bonds. The maximum atomic E-state index is 12.7. The third kappa shape index (κ3) is 5.00. The van der Waals surface area contributed by atoms with Crippen LogP contribution in [0.15, 0.2) is 54.6 Å². The van der Waals surface area contributed by atoms with Crippen LogP contribution in [0.25, 0.3) is 0 Å². The van der Waals surface area contributed by atoms with Crippen molar-refractivity contribution >= 4 is 12.0 Å². The Balaban J connectivity index is 1.18. The van der Waals surface area contributed by atoms with Crippen LogP contribution >= 0.6 is 0 Å². The molecule has 4 bridgehead atoms. The molecule has 6 nitrogen and oxygen atoms in total. The summed E-state index contributed by atoms with van der Waals surface area (Å²) < 4.78 is 6.17. The second-order valence-electron chi connectivity index (χ2n) is 10.00. The van der Waals surface area contributed by atoms with E-state index in [1.54, 1.807) is 18.2 Å². The molecule has 1 unspecified atom stereocenters. The number of urea groups is 1. The third-order valence-electron chi connectivity index (χ3n) is 7.75. The fourth-order valence-corrected chi connectivity index (χ4v) is 6.51. The Kier molecular flexibility index (Phi) is 6.25. The monoisotopic (exact) mass is 448 g/mol. The lowest BCUT2D eigenvalue weighted by Gasteiger charge is -2.54. The number of rotatable bonds is 8. The Labute approximate surface area is 194 Å². The van der Waals surface area contributed by atoms with E-state index in [9.17, 15) is 14.7 Å². The minimum absolute atomic E-state index is 0.0906. The summed E-state index contributed by atoms with van der Waals surface area (Å²) in [4.78, 5) is 24.0. The fourth-order valence-electron chi connectivity index (χ4n) is 6.51. The maximum Gasteiger partial charge on any atom is 0.335 e. The van der Waals surface area contributed by atoms with Crippen LogP contribution in [0.3, 0.4) is 0 Å². The summed E-state index contributed by atoms with van der Waals surface area (Å²) in [6.07, 6.45) is 6.79. The van der Waals surface area contributed by atoms with Gasteiger partial charge in [-0.1, -0.05) is 36.4 Å². The first-order valence-corrected chi connectivity index (χ1v) is 12.1. The Morgan fingerprint density at radius 1 is 0.939 bits per heavy atom. The highest BCUT2D eigenvalue weighted by atomic mass is 16.5. The third-order valence-corrected chi connectivity index (χ3v) is 7.75. The second-order valence-corrected chi connectivity index (χ2v) is 10.00. The van der Waals surface area contributed by atoms with Crippen molar-refractivity contribution in [1.82, 2.24) is 10.6 Å². The van der Waals surface area contributed by atoms with Crippen LogP contribution in [0, 0.1) is 23.7 Å². The molecule has 33 heavy (non-hydrogen) atoms. The van der Waals surface area contributed by atoms with Gasteiger partial charge in [0.25, 0.3) is 0 Å². The molecule has 2 aromatic rings. The smallest absolute Gasteiger partial charge is 0.335 e. The first-order valence-electron chi connectivity index (χ1n) is 12.1. The van der Waals surface area contributed by atoms with E-state index >= 15 is 0 Å². The number of carboxylic acids is 1. The van der Waals surface area contributed by atoms with Crippen LogP contribution in [0.5, 0.6) is 5.75 Å². The summed E-state index contributed by atoms with van der Waals surface area (Å²) in [5.41, 5.74) is 1.17.